The normalized spacial score (nSPS) is 12.2. The lowest BCUT2D eigenvalue weighted by atomic mass is 10.1. The summed E-state index contributed by atoms with van der Waals surface area (Å²) in [4.78, 5) is 1.30. The van der Waals surface area contributed by atoms with Crippen molar-refractivity contribution in [2.75, 3.05) is 13.4 Å². The second-order valence-electron chi connectivity index (χ2n) is 4.73. The van der Waals surface area contributed by atoms with E-state index in [-0.39, 0.29) is 0 Å². The predicted molar refractivity (Wildman–Crippen MR) is 86.5 cm³/mol. The van der Waals surface area contributed by atoms with Crippen LogP contribution in [0.1, 0.15) is 24.1 Å². The highest BCUT2D eigenvalue weighted by Crippen LogP contribution is 2.19. The molecule has 0 aliphatic heterocycles. The van der Waals surface area contributed by atoms with Gasteiger partial charge in [-0.15, -0.1) is 11.8 Å². The van der Waals surface area contributed by atoms with Crippen LogP contribution >= 0.6 is 11.8 Å². The minimum absolute atomic E-state index is 0.297. The van der Waals surface area contributed by atoms with Crippen molar-refractivity contribution in [1.29, 1.82) is 0 Å². The maximum Gasteiger partial charge on any atom is 0.119 e. The fourth-order valence-electron chi connectivity index (χ4n) is 2.04. The number of nitrogens with one attached hydrogen (secondary N) is 1. The van der Waals surface area contributed by atoms with Crippen LogP contribution in [-0.4, -0.2) is 13.4 Å². The van der Waals surface area contributed by atoms with E-state index in [1.54, 1.807) is 18.9 Å². The van der Waals surface area contributed by atoms with Crippen molar-refractivity contribution in [1.82, 2.24) is 5.32 Å². The van der Waals surface area contributed by atoms with Crippen LogP contribution in [0.15, 0.2) is 53.4 Å². The van der Waals surface area contributed by atoms with Gasteiger partial charge in [-0.1, -0.05) is 24.3 Å². The SMILES string of the molecule is COc1cccc([C@H](C)NCc2ccc(SC)cc2)c1. The number of ether oxygens (including phenoxy) is 1. The molecule has 0 fully saturated rings. The Bertz CT molecular complexity index is 539. The van der Waals surface area contributed by atoms with Crippen molar-refractivity contribution in [2.24, 2.45) is 0 Å². The van der Waals surface area contributed by atoms with Gasteiger partial charge in [0, 0.05) is 17.5 Å². The highest BCUT2D eigenvalue weighted by atomic mass is 32.2. The fourth-order valence-corrected chi connectivity index (χ4v) is 2.45. The molecule has 0 unspecified atom stereocenters. The lowest BCUT2D eigenvalue weighted by Crippen LogP contribution is -2.18. The van der Waals surface area contributed by atoms with Gasteiger partial charge in [0.15, 0.2) is 0 Å². The van der Waals surface area contributed by atoms with Crippen LogP contribution < -0.4 is 10.1 Å². The van der Waals surface area contributed by atoms with E-state index >= 15 is 0 Å². The fraction of sp³-hybridized carbons (Fsp3) is 0.294. The Kier molecular flexibility index (Phi) is 5.50. The van der Waals surface area contributed by atoms with E-state index in [1.807, 2.05) is 12.1 Å². The zero-order valence-electron chi connectivity index (χ0n) is 12.2. The molecule has 0 aliphatic carbocycles. The van der Waals surface area contributed by atoms with Crippen LogP contribution in [0.25, 0.3) is 0 Å². The van der Waals surface area contributed by atoms with Gasteiger partial charge in [-0.25, -0.2) is 0 Å². The van der Waals surface area contributed by atoms with E-state index < -0.39 is 0 Å². The largest absolute Gasteiger partial charge is 0.497 e. The van der Waals surface area contributed by atoms with Crippen LogP contribution in [-0.2, 0) is 6.54 Å². The zero-order chi connectivity index (χ0) is 14.4. The summed E-state index contributed by atoms with van der Waals surface area (Å²) in [5.41, 5.74) is 2.54. The average Bonchev–Trinajstić information content (AvgIpc) is 2.53. The quantitative estimate of drug-likeness (QED) is 0.802. The minimum Gasteiger partial charge on any atom is -0.497 e. The third kappa shape index (κ3) is 4.02. The highest BCUT2D eigenvalue weighted by Gasteiger charge is 2.05. The molecule has 2 nitrogen and oxygen atoms in total. The highest BCUT2D eigenvalue weighted by molar-refractivity contribution is 7.98. The molecule has 1 atom stereocenters. The van der Waals surface area contributed by atoms with E-state index in [0.29, 0.717) is 6.04 Å². The first-order valence-corrected chi connectivity index (χ1v) is 7.95. The Labute approximate surface area is 125 Å². The number of benzene rings is 2. The molecule has 0 aromatic heterocycles. The molecule has 0 saturated carbocycles. The monoisotopic (exact) mass is 287 g/mol. The van der Waals surface area contributed by atoms with Crippen molar-refractivity contribution in [3.63, 3.8) is 0 Å². The Balaban J connectivity index is 1.95. The summed E-state index contributed by atoms with van der Waals surface area (Å²) in [7, 11) is 1.70. The summed E-state index contributed by atoms with van der Waals surface area (Å²) in [6.07, 6.45) is 2.10. The van der Waals surface area contributed by atoms with Crippen molar-refractivity contribution in [3.05, 3.63) is 59.7 Å². The minimum atomic E-state index is 0.297. The Morgan fingerprint density at radius 3 is 2.55 bits per heavy atom. The Morgan fingerprint density at radius 1 is 1.15 bits per heavy atom. The summed E-state index contributed by atoms with van der Waals surface area (Å²) < 4.78 is 5.26. The molecule has 20 heavy (non-hydrogen) atoms. The Hall–Kier alpha value is -1.45. The predicted octanol–water partition coefficient (Wildman–Crippen LogP) is 4.27. The molecule has 0 spiro atoms. The molecule has 2 rings (SSSR count). The van der Waals surface area contributed by atoms with Gasteiger partial charge in [0.1, 0.15) is 5.75 Å². The lowest BCUT2D eigenvalue weighted by molar-refractivity contribution is 0.413. The summed E-state index contributed by atoms with van der Waals surface area (Å²) in [6.45, 7) is 3.04. The number of hydrogen-bond donors (Lipinski definition) is 1. The molecule has 0 heterocycles. The third-order valence-electron chi connectivity index (χ3n) is 3.37. The average molecular weight is 287 g/mol. The third-order valence-corrected chi connectivity index (χ3v) is 4.11. The maximum atomic E-state index is 5.26. The van der Waals surface area contributed by atoms with E-state index in [4.69, 9.17) is 4.74 Å². The zero-order valence-corrected chi connectivity index (χ0v) is 13.0. The molecule has 3 heteroatoms. The molecule has 2 aromatic carbocycles. The van der Waals surface area contributed by atoms with Crippen LogP contribution in [0.2, 0.25) is 0 Å². The first-order valence-electron chi connectivity index (χ1n) is 6.73. The standard InChI is InChI=1S/C17H21NOS/c1-13(15-5-4-6-16(11-15)19-2)18-12-14-7-9-17(20-3)10-8-14/h4-11,13,18H,12H2,1-3H3/t13-/m0/s1. The number of hydrogen-bond acceptors (Lipinski definition) is 3. The topological polar surface area (TPSA) is 21.3 Å². The molecule has 0 aliphatic rings. The second-order valence-corrected chi connectivity index (χ2v) is 5.61. The van der Waals surface area contributed by atoms with Gasteiger partial charge in [0.2, 0.25) is 0 Å². The lowest BCUT2D eigenvalue weighted by Gasteiger charge is -2.15. The van der Waals surface area contributed by atoms with Gasteiger partial charge in [-0.05, 0) is 48.6 Å². The first kappa shape index (κ1) is 14.9. The Morgan fingerprint density at radius 2 is 1.90 bits per heavy atom. The molecule has 0 amide bonds. The molecule has 0 radical (unpaired) electrons. The van der Waals surface area contributed by atoms with Crippen LogP contribution in [0.4, 0.5) is 0 Å². The van der Waals surface area contributed by atoms with Crippen LogP contribution in [0.3, 0.4) is 0 Å². The summed E-state index contributed by atoms with van der Waals surface area (Å²) in [6, 6.07) is 17.2. The molecular weight excluding hydrogens is 266 g/mol. The smallest absolute Gasteiger partial charge is 0.119 e. The van der Waals surface area contributed by atoms with Gasteiger partial charge in [0.25, 0.3) is 0 Å². The molecule has 2 aromatic rings. The van der Waals surface area contributed by atoms with E-state index in [1.165, 1.54) is 16.0 Å². The number of thioether (sulfide) groups is 1. The van der Waals surface area contributed by atoms with Gasteiger partial charge >= 0.3 is 0 Å². The molecule has 1 N–H and O–H groups in total. The summed E-state index contributed by atoms with van der Waals surface area (Å²) >= 11 is 1.77. The van der Waals surface area contributed by atoms with Gasteiger partial charge in [-0.2, -0.15) is 0 Å². The van der Waals surface area contributed by atoms with Crippen molar-refractivity contribution >= 4 is 11.8 Å². The second kappa shape index (κ2) is 7.36. The summed E-state index contributed by atoms with van der Waals surface area (Å²) in [5, 5.41) is 3.54. The number of rotatable bonds is 6. The van der Waals surface area contributed by atoms with Crippen LogP contribution in [0.5, 0.6) is 5.75 Å². The molecule has 0 bridgehead atoms. The number of methoxy groups -OCH3 is 1. The molecular formula is C17H21NOS. The van der Waals surface area contributed by atoms with Crippen molar-refractivity contribution in [2.45, 2.75) is 24.4 Å². The van der Waals surface area contributed by atoms with E-state index in [2.05, 4.69) is 54.9 Å². The molecule has 106 valence electrons. The van der Waals surface area contributed by atoms with E-state index in [9.17, 15) is 0 Å². The van der Waals surface area contributed by atoms with Crippen molar-refractivity contribution in [3.8, 4) is 5.75 Å². The molecule has 0 saturated heterocycles. The first-order chi connectivity index (χ1) is 9.72. The summed E-state index contributed by atoms with van der Waals surface area (Å²) in [5.74, 6) is 0.903. The van der Waals surface area contributed by atoms with Gasteiger partial charge in [-0.3, -0.25) is 0 Å². The van der Waals surface area contributed by atoms with Gasteiger partial charge < -0.3 is 10.1 Å². The van der Waals surface area contributed by atoms with Crippen molar-refractivity contribution < 1.29 is 4.74 Å². The maximum absolute atomic E-state index is 5.26. The van der Waals surface area contributed by atoms with Gasteiger partial charge in [0.05, 0.1) is 7.11 Å². The van der Waals surface area contributed by atoms with E-state index in [0.717, 1.165) is 12.3 Å². The van der Waals surface area contributed by atoms with Crippen LogP contribution in [0, 0.1) is 0 Å².